The van der Waals surface area contributed by atoms with Gasteiger partial charge in [-0.05, 0) is 72.1 Å². The van der Waals surface area contributed by atoms with E-state index >= 15 is 0 Å². The van der Waals surface area contributed by atoms with Crippen LogP contribution < -0.4 is 16.4 Å². The first-order valence-corrected chi connectivity index (χ1v) is 17.1. The van der Waals surface area contributed by atoms with Gasteiger partial charge in [0.1, 0.15) is 18.7 Å². The van der Waals surface area contributed by atoms with Crippen LogP contribution in [0.5, 0.6) is 0 Å². The zero-order chi connectivity index (χ0) is 37.5. The molecule has 0 fully saturated rings. The molecule has 2 rings (SSSR count). The first-order chi connectivity index (χ1) is 23.4. The maximum Gasteiger partial charge on any atom is 0.257 e. The Morgan fingerprint density at radius 2 is 1.86 bits per heavy atom. The molecule has 0 saturated carbocycles. The second-order valence-electron chi connectivity index (χ2n) is 11.2. The first kappa shape index (κ1) is 47.5. The lowest BCUT2D eigenvalue weighted by molar-refractivity contribution is -0.122. The highest BCUT2D eigenvalue weighted by Crippen LogP contribution is 2.23. The lowest BCUT2D eigenvalue weighted by atomic mass is 9.98. The molecule has 2 aliphatic rings. The molecule has 0 aromatic rings. The average molecular weight is 705 g/mol. The van der Waals surface area contributed by atoms with Gasteiger partial charge in [-0.1, -0.05) is 69.2 Å². The van der Waals surface area contributed by atoms with Crippen molar-refractivity contribution in [3.05, 3.63) is 82.9 Å². The van der Waals surface area contributed by atoms with Crippen molar-refractivity contribution < 1.29 is 24.2 Å². The number of primary amides is 1. The third-order valence-electron chi connectivity index (χ3n) is 6.22. The van der Waals surface area contributed by atoms with Crippen LogP contribution in [-0.4, -0.2) is 106 Å². The molecule has 49 heavy (non-hydrogen) atoms. The zero-order valence-corrected chi connectivity index (χ0v) is 31.5. The smallest absolute Gasteiger partial charge is 0.257 e. The van der Waals surface area contributed by atoms with Gasteiger partial charge in [0.05, 0.1) is 23.6 Å². The number of rotatable bonds is 17. The van der Waals surface area contributed by atoms with Crippen LogP contribution in [0.15, 0.2) is 87.9 Å². The van der Waals surface area contributed by atoms with Gasteiger partial charge < -0.3 is 40.8 Å². The Kier molecular flexibility index (Phi) is 30.7. The molecular formula is C37H61ClN6O5. The Bertz CT molecular complexity index is 1190. The Hall–Kier alpha value is -3.61. The van der Waals surface area contributed by atoms with Crippen LogP contribution in [0.4, 0.5) is 0 Å². The number of halogens is 1. The zero-order valence-electron chi connectivity index (χ0n) is 30.7. The van der Waals surface area contributed by atoms with E-state index in [0.29, 0.717) is 35.9 Å². The number of nitrogens with two attached hydrogens (primary N) is 1. The standard InChI is InChI=1S/C18H23N3O3.C8H12ClNO2.C8H18N2.C3H8/c1-21(2)10-9-19-15-6-4-3-5-14(15)18(24)20-16-11-13(12-22)7-8-17(16)23;1-2-7(9)4-3-5-12-6-8(10)11;1-4-6-9-7-8-10(3)5-2;1-3-2/h5-6,8-9,11-13,23H,3-4,7,10H2,1-2H3,(H,20,24);2-4H,5-6H2,1H3,(H2,10,11);4,9H,1,5-8H2,2-3H3;3H2,1-2H3/b;4-3-,7-2+;;. The molecule has 2 amide bonds. The van der Waals surface area contributed by atoms with Gasteiger partial charge in [-0.15, -0.1) is 6.58 Å². The highest BCUT2D eigenvalue weighted by Gasteiger charge is 2.21. The van der Waals surface area contributed by atoms with Crippen molar-refractivity contribution in [2.75, 3.05) is 67.1 Å². The minimum Gasteiger partial charge on any atom is -0.506 e. The van der Waals surface area contributed by atoms with Crippen LogP contribution in [-0.2, 0) is 19.1 Å². The van der Waals surface area contributed by atoms with E-state index in [-0.39, 0.29) is 29.9 Å². The van der Waals surface area contributed by atoms with Crippen molar-refractivity contribution >= 4 is 35.9 Å². The summed E-state index contributed by atoms with van der Waals surface area (Å²) in [5.41, 5.74) is 6.22. The molecule has 0 aromatic heterocycles. The molecule has 0 spiro atoms. The van der Waals surface area contributed by atoms with Crippen molar-refractivity contribution in [1.29, 1.82) is 0 Å². The summed E-state index contributed by atoms with van der Waals surface area (Å²) in [5.74, 6) is -1.15. The van der Waals surface area contributed by atoms with E-state index in [4.69, 9.17) is 22.1 Å². The molecule has 276 valence electrons. The Labute approximate surface area is 300 Å². The minimum atomic E-state index is -0.472. The summed E-state index contributed by atoms with van der Waals surface area (Å²) >= 11 is 5.63. The molecule has 1 unspecified atom stereocenters. The monoisotopic (exact) mass is 704 g/mol. The number of allylic oxidation sites excluding steroid dienone is 7. The molecule has 12 heteroatoms. The molecule has 0 radical (unpaired) electrons. The number of carbonyl (C=O) groups is 3. The Morgan fingerprint density at radius 1 is 1.18 bits per heavy atom. The summed E-state index contributed by atoms with van der Waals surface area (Å²) in [6.07, 6.45) is 19.8. The minimum absolute atomic E-state index is 0.0144. The van der Waals surface area contributed by atoms with Gasteiger partial charge in [0, 0.05) is 43.3 Å². The van der Waals surface area contributed by atoms with E-state index in [0.717, 1.165) is 45.3 Å². The maximum atomic E-state index is 12.5. The summed E-state index contributed by atoms with van der Waals surface area (Å²) in [4.78, 5) is 42.3. The van der Waals surface area contributed by atoms with E-state index in [1.165, 1.54) is 12.5 Å². The van der Waals surface area contributed by atoms with E-state index in [2.05, 4.69) is 54.9 Å². The summed E-state index contributed by atoms with van der Waals surface area (Å²) in [5, 5.41) is 16.5. The van der Waals surface area contributed by atoms with Crippen molar-refractivity contribution in [3.8, 4) is 0 Å². The van der Waals surface area contributed by atoms with Gasteiger partial charge in [0.15, 0.2) is 0 Å². The third-order valence-corrected chi connectivity index (χ3v) is 6.57. The lowest BCUT2D eigenvalue weighted by Gasteiger charge is -2.18. The van der Waals surface area contributed by atoms with E-state index in [1.54, 1.807) is 30.5 Å². The fraction of sp³-hybridized carbons (Fsp3) is 0.514. The molecule has 0 saturated heterocycles. The predicted octanol–water partition coefficient (Wildman–Crippen LogP) is 5.20. The van der Waals surface area contributed by atoms with Crippen molar-refractivity contribution in [2.45, 2.75) is 53.4 Å². The van der Waals surface area contributed by atoms with Crippen LogP contribution >= 0.6 is 11.6 Å². The van der Waals surface area contributed by atoms with Crippen molar-refractivity contribution in [1.82, 2.24) is 20.4 Å². The molecule has 11 nitrogen and oxygen atoms in total. The second-order valence-corrected chi connectivity index (χ2v) is 11.6. The number of carbonyl (C=O) groups excluding carboxylic acids is 3. The van der Waals surface area contributed by atoms with Gasteiger partial charge in [-0.2, -0.15) is 0 Å². The summed E-state index contributed by atoms with van der Waals surface area (Å²) in [6, 6.07) is 0. The number of amides is 2. The number of aldehydes is 1. The summed E-state index contributed by atoms with van der Waals surface area (Å²) in [7, 11) is 6.01. The fourth-order valence-corrected chi connectivity index (χ4v) is 3.62. The third kappa shape index (κ3) is 27.0. The molecule has 2 aliphatic carbocycles. The molecule has 0 bridgehead atoms. The van der Waals surface area contributed by atoms with Gasteiger partial charge in [0.25, 0.3) is 5.91 Å². The highest BCUT2D eigenvalue weighted by atomic mass is 35.5. The van der Waals surface area contributed by atoms with Crippen LogP contribution in [0.1, 0.15) is 53.4 Å². The Morgan fingerprint density at radius 3 is 2.43 bits per heavy atom. The SMILES string of the molecule is C/C=C(Cl)\C=C/COCC(N)=O.C=CCNCCN(C)CC.CCC.CN(C)CC=NC1=CCCC=C1C(=O)NC1=CC(C=O)CC=C1O. The van der Waals surface area contributed by atoms with Gasteiger partial charge in [-0.3, -0.25) is 14.6 Å². The van der Waals surface area contributed by atoms with Crippen LogP contribution in [0.25, 0.3) is 0 Å². The van der Waals surface area contributed by atoms with Gasteiger partial charge in [0.2, 0.25) is 5.91 Å². The van der Waals surface area contributed by atoms with Crippen LogP contribution in [0, 0.1) is 5.92 Å². The van der Waals surface area contributed by atoms with Crippen molar-refractivity contribution in [3.63, 3.8) is 0 Å². The second kappa shape index (κ2) is 31.6. The predicted molar refractivity (Wildman–Crippen MR) is 205 cm³/mol. The topological polar surface area (TPSA) is 150 Å². The maximum absolute atomic E-state index is 12.5. The molecule has 0 aromatic carbocycles. The number of aliphatic imine (C=N–C) groups is 1. The normalized spacial score (nSPS) is 15.8. The number of nitrogens with zero attached hydrogens (tertiary/aromatic N) is 3. The van der Waals surface area contributed by atoms with Gasteiger partial charge in [-0.25, -0.2) is 0 Å². The van der Waals surface area contributed by atoms with Crippen LogP contribution in [0.3, 0.4) is 0 Å². The summed E-state index contributed by atoms with van der Waals surface area (Å²) in [6.45, 7) is 17.0. The molecule has 0 heterocycles. The number of nitrogens with one attached hydrogen (secondary N) is 2. The number of hydrogen-bond acceptors (Lipinski definition) is 9. The molecule has 5 N–H and O–H groups in total. The van der Waals surface area contributed by atoms with Gasteiger partial charge >= 0.3 is 0 Å². The number of aliphatic hydroxyl groups is 1. The van der Waals surface area contributed by atoms with Crippen molar-refractivity contribution in [2.24, 2.45) is 16.6 Å². The average Bonchev–Trinajstić information content (AvgIpc) is 3.08. The highest BCUT2D eigenvalue weighted by molar-refractivity contribution is 6.31. The lowest BCUT2D eigenvalue weighted by Crippen LogP contribution is -2.28. The number of likely N-dealkylation sites (N-methyl/N-ethyl adjacent to an activating group) is 1. The number of ether oxygens (including phenoxy) is 1. The number of aliphatic hydroxyl groups excluding tert-OH is 1. The first-order valence-electron chi connectivity index (χ1n) is 16.7. The largest absolute Gasteiger partial charge is 0.506 e. The number of hydrogen-bond donors (Lipinski definition) is 4. The molecule has 0 aliphatic heterocycles. The molecular weight excluding hydrogens is 644 g/mol. The fourth-order valence-electron chi connectivity index (χ4n) is 3.53. The Balaban J connectivity index is 0. The van der Waals surface area contributed by atoms with E-state index in [1.807, 2.05) is 44.1 Å². The van der Waals surface area contributed by atoms with Crippen LogP contribution in [0.2, 0.25) is 0 Å². The molecule has 1 atom stereocenters. The quantitative estimate of drug-likeness (QED) is 0.0531. The van der Waals surface area contributed by atoms with E-state index < -0.39 is 5.91 Å². The summed E-state index contributed by atoms with van der Waals surface area (Å²) < 4.78 is 4.84. The van der Waals surface area contributed by atoms with E-state index in [9.17, 15) is 19.5 Å².